The molecular weight excluding hydrogens is 312 g/mol. The smallest absolute Gasteiger partial charge is 0.229 e. The molecule has 1 N–H and O–H groups in total. The fourth-order valence-corrected chi connectivity index (χ4v) is 3.25. The van der Waals surface area contributed by atoms with Crippen LogP contribution in [0.3, 0.4) is 0 Å². The van der Waals surface area contributed by atoms with Crippen molar-refractivity contribution in [1.29, 1.82) is 0 Å². The van der Waals surface area contributed by atoms with E-state index >= 15 is 0 Å². The van der Waals surface area contributed by atoms with Crippen LogP contribution in [0.15, 0.2) is 30.5 Å². The molecule has 4 rings (SSSR count). The first kappa shape index (κ1) is 15.9. The van der Waals surface area contributed by atoms with Gasteiger partial charge in [0.15, 0.2) is 5.65 Å². The van der Waals surface area contributed by atoms with Gasteiger partial charge in [-0.1, -0.05) is 26.0 Å². The summed E-state index contributed by atoms with van der Waals surface area (Å²) >= 11 is 0. The fourth-order valence-electron chi connectivity index (χ4n) is 3.25. The molecule has 1 aliphatic heterocycles. The zero-order valence-electron chi connectivity index (χ0n) is 15.0. The quantitative estimate of drug-likeness (QED) is 0.784. The Balaban J connectivity index is 1.72. The van der Waals surface area contributed by atoms with Crippen LogP contribution >= 0.6 is 0 Å². The van der Waals surface area contributed by atoms with Gasteiger partial charge in [0.05, 0.1) is 11.6 Å². The van der Waals surface area contributed by atoms with Crippen LogP contribution in [0.25, 0.3) is 11.0 Å². The summed E-state index contributed by atoms with van der Waals surface area (Å²) in [5, 5.41) is 8.76. The first-order valence-corrected chi connectivity index (χ1v) is 8.93. The van der Waals surface area contributed by atoms with Gasteiger partial charge in [-0.15, -0.1) is 0 Å². The second-order valence-corrected chi connectivity index (χ2v) is 6.97. The third-order valence-corrected chi connectivity index (χ3v) is 4.81. The molecule has 25 heavy (non-hydrogen) atoms. The van der Waals surface area contributed by atoms with E-state index in [0.29, 0.717) is 5.92 Å². The van der Waals surface area contributed by atoms with Crippen molar-refractivity contribution in [3.05, 3.63) is 36.0 Å². The van der Waals surface area contributed by atoms with Crippen molar-refractivity contribution in [2.45, 2.75) is 32.6 Å². The topological polar surface area (TPSA) is 58.9 Å². The number of rotatable bonds is 4. The molecule has 0 bridgehead atoms. The monoisotopic (exact) mass is 336 g/mol. The molecule has 2 aromatic heterocycles. The third kappa shape index (κ3) is 3.04. The maximum absolute atomic E-state index is 4.80. The molecule has 0 radical (unpaired) electrons. The minimum atomic E-state index is 0.528. The Hall–Kier alpha value is -2.63. The summed E-state index contributed by atoms with van der Waals surface area (Å²) in [4.78, 5) is 11.8. The minimum absolute atomic E-state index is 0.528. The zero-order chi connectivity index (χ0) is 17.4. The van der Waals surface area contributed by atoms with Crippen LogP contribution in [0.5, 0.6) is 0 Å². The number of fused-ring (bicyclic) bond motifs is 1. The summed E-state index contributed by atoms with van der Waals surface area (Å²) in [6, 6.07) is 8.54. The van der Waals surface area contributed by atoms with Gasteiger partial charge in [-0.3, -0.25) is 4.68 Å². The maximum Gasteiger partial charge on any atom is 0.229 e. The molecule has 3 heterocycles. The van der Waals surface area contributed by atoms with Gasteiger partial charge in [0.2, 0.25) is 5.95 Å². The number of benzene rings is 1. The predicted octanol–water partition coefficient (Wildman–Crippen LogP) is 3.83. The molecular formula is C19H24N6. The standard InChI is InChI=1S/C19H24N6/c1-13(2)14-6-8-15(9-7-14)21-17-16-12-20-24(3)18(16)23-19(22-17)25-10-4-5-11-25/h6-9,12-13H,4-5,10-11H2,1-3H3,(H,21,22,23). The maximum atomic E-state index is 4.80. The van der Waals surface area contributed by atoms with Gasteiger partial charge in [0.1, 0.15) is 5.82 Å². The largest absolute Gasteiger partial charge is 0.341 e. The lowest BCUT2D eigenvalue weighted by Crippen LogP contribution is -2.21. The van der Waals surface area contributed by atoms with Gasteiger partial charge in [0.25, 0.3) is 0 Å². The summed E-state index contributed by atoms with van der Waals surface area (Å²) in [5.74, 6) is 2.13. The third-order valence-electron chi connectivity index (χ3n) is 4.81. The molecule has 1 saturated heterocycles. The summed E-state index contributed by atoms with van der Waals surface area (Å²) in [6.45, 7) is 6.44. The van der Waals surface area contributed by atoms with Crippen molar-refractivity contribution >= 4 is 28.5 Å². The van der Waals surface area contributed by atoms with Gasteiger partial charge in [-0.2, -0.15) is 15.1 Å². The highest BCUT2D eigenvalue weighted by molar-refractivity contribution is 5.89. The van der Waals surface area contributed by atoms with Crippen LogP contribution in [0.4, 0.5) is 17.5 Å². The first-order chi connectivity index (χ1) is 12.1. The normalized spacial score (nSPS) is 14.6. The lowest BCUT2D eigenvalue weighted by Gasteiger charge is -2.17. The van der Waals surface area contributed by atoms with E-state index in [-0.39, 0.29) is 0 Å². The molecule has 0 spiro atoms. The number of nitrogens with one attached hydrogen (secondary N) is 1. The van der Waals surface area contributed by atoms with Crippen molar-refractivity contribution in [2.24, 2.45) is 7.05 Å². The molecule has 0 unspecified atom stereocenters. The van der Waals surface area contributed by atoms with E-state index in [1.807, 2.05) is 17.9 Å². The zero-order valence-corrected chi connectivity index (χ0v) is 15.0. The molecule has 0 saturated carbocycles. The van der Waals surface area contributed by atoms with E-state index < -0.39 is 0 Å². The molecule has 1 aromatic carbocycles. The summed E-state index contributed by atoms with van der Waals surface area (Å²) < 4.78 is 1.81. The molecule has 3 aromatic rings. The van der Waals surface area contributed by atoms with E-state index in [1.54, 1.807) is 0 Å². The van der Waals surface area contributed by atoms with Crippen LogP contribution in [0, 0.1) is 0 Å². The number of aryl methyl sites for hydroxylation is 1. The average molecular weight is 336 g/mol. The summed E-state index contributed by atoms with van der Waals surface area (Å²) in [5.41, 5.74) is 3.22. The molecule has 1 fully saturated rings. The molecule has 6 nitrogen and oxygen atoms in total. The van der Waals surface area contributed by atoms with E-state index in [0.717, 1.165) is 41.6 Å². The molecule has 130 valence electrons. The predicted molar refractivity (Wildman–Crippen MR) is 102 cm³/mol. The number of aromatic nitrogens is 4. The van der Waals surface area contributed by atoms with E-state index in [2.05, 4.69) is 53.4 Å². The second kappa shape index (κ2) is 6.35. The van der Waals surface area contributed by atoms with Gasteiger partial charge in [0, 0.05) is 25.8 Å². The lowest BCUT2D eigenvalue weighted by atomic mass is 10.0. The highest BCUT2D eigenvalue weighted by Gasteiger charge is 2.19. The van der Waals surface area contributed by atoms with Crippen LogP contribution in [0.2, 0.25) is 0 Å². The Kier molecular flexibility index (Phi) is 4.03. The Labute approximate surface area is 147 Å². The summed E-state index contributed by atoms with van der Waals surface area (Å²) in [7, 11) is 1.92. The van der Waals surface area contributed by atoms with E-state index in [9.17, 15) is 0 Å². The number of nitrogens with zero attached hydrogens (tertiary/aromatic N) is 5. The van der Waals surface area contributed by atoms with Gasteiger partial charge >= 0.3 is 0 Å². The van der Waals surface area contributed by atoms with Crippen LogP contribution in [-0.2, 0) is 7.05 Å². The number of anilines is 3. The molecule has 0 atom stereocenters. The minimum Gasteiger partial charge on any atom is -0.341 e. The van der Waals surface area contributed by atoms with Crippen LogP contribution in [-0.4, -0.2) is 32.8 Å². The van der Waals surface area contributed by atoms with Crippen molar-refractivity contribution < 1.29 is 0 Å². The Bertz CT molecular complexity index is 875. The fraction of sp³-hybridized carbons (Fsp3) is 0.421. The van der Waals surface area contributed by atoms with E-state index in [1.165, 1.54) is 18.4 Å². The Morgan fingerprint density at radius 3 is 2.44 bits per heavy atom. The SMILES string of the molecule is CC(C)c1ccc(Nc2nc(N3CCCC3)nc3c2cnn3C)cc1. The Morgan fingerprint density at radius 1 is 1.04 bits per heavy atom. The lowest BCUT2D eigenvalue weighted by molar-refractivity contribution is 0.782. The van der Waals surface area contributed by atoms with E-state index in [4.69, 9.17) is 9.97 Å². The van der Waals surface area contributed by atoms with Gasteiger partial charge in [-0.25, -0.2) is 0 Å². The highest BCUT2D eigenvalue weighted by atomic mass is 15.3. The van der Waals surface area contributed by atoms with Gasteiger partial charge < -0.3 is 10.2 Å². The van der Waals surface area contributed by atoms with Crippen molar-refractivity contribution in [3.8, 4) is 0 Å². The highest BCUT2D eigenvalue weighted by Crippen LogP contribution is 2.28. The number of hydrogen-bond acceptors (Lipinski definition) is 5. The molecule has 1 aliphatic rings. The van der Waals surface area contributed by atoms with Crippen molar-refractivity contribution in [3.63, 3.8) is 0 Å². The second-order valence-electron chi connectivity index (χ2n) is 6.97. The Morgan fingerprint density at radius 2 is 1.76 bits per heavy atom. The van der Waals surface area contributed by atoms with Crippen LogP contribution in [0.1, 0.15) is 38.2 Å². The molecule has 6 heteroatoms. The molecule has 0 amide bonds. The summed E-state index contributed by atoms with van der Waals surface area (Å²) in [6.07, 6.45) is 4.23. The van der Waals surface area contributed by atoms with Gasteiger partial charge in [-0.05, 0) is 36.5 Å². The van der Waals surface area contributed by atoms with Crippen LogP contribution < -0.4 is 10.2 Å². The molecule has 0 aliphatic carbocycles. The van der Waals surface area contributed by atoms with Crippen molar-refractivity contribution in [2.75, 3.05) is 23.3 Å². The number of hydrogen-bond donors (Lipinski definition) is 1. The average Bonchev–Trinajstić information content (AvgIpc) is 3.26. The van der Waals surface area contributed by atoms with Crippen molar-refractivity contribution in [1.82, 2.24) is 19.7 Å². The first-order valence-electron chi connectivity index (χ1n) is 8.93.